The first-order valence-electron chi connectivity index (χ1n) is 9.98. The van der Waals surface area contributed by atoms with Gasteiger partial charge in [0.2, 0.25) is 5.91 Å². The molecular weight excluding hydrogens is 374 g/mol. The Hall–Kier alpha value is -2.06. The molecule has 8 heteroatoms. The third kappa shape index (κ3) is 3.18. The molecule has 3 aliphatic rings. The lowest BCUT2D eigenvalue weighted by Gasteiger charge is -2.47. The van der Waals surface area contributed by atoms with E-state index in [0.717, 1.165) is 61.9 Å². The third-order valence-corrected chi connectivity index (χ3v) is 7.20. The highest BCUT2D eigenvalue weighted by atomic mass is 32.2. The van der Waals surface area contributed by atoms with Gasteiger partial charge in [-0.15, -0.1) is 0 Å². The number of aromatic amines is 1. The van der Waals surface area contributed by atoms with Gasteiger partial charge in [-0.2, -0.15) is 16.9 Å². The number of amides is 1. The van der Waals surface area contributed by atoms with E-state index in [1.165, 1.54) is 0 Å². The van der Waals surface area contributed by atoms with Crippen LogP contribution in [0.1, 0.15) is 29.6 Å². The van der Waals surface area contributed by atoms with Gasteiger partial charge in [-0.05, 0) is 12.5 Å². The predicted molar refractivity (Wildman–Crippen MR) is 108 cm³/mol. The van der Waals surface area contributed by atoms with Crippen molar-refractivity contribution < 1.29 is 4.79 Å². The molecule has 0 spiro atoms. The predicted octanol–water partition coefficient (Wildman–Crippen LogP) is 1.31. The summed E-state index contributed by atoms with van der Waals surface area (Å²) in [6.45, 7) is 4.13. The first kappa shape index (κ1) is 18.0. The zero-order valence-corrected chi connectivity index (χ0v) is 16.6. The van der Waals surface area contributed by atoms with E-state index in [0.29, 0.717) is 5.92 Å². The second-order valence-electron chi connectivity index (χ2n) is 8.03. The molecule has 5 rings (SSSR count). The fourth-order valence-corrected chi connectivity index (χ4v) is 5.97. The molecule has 2 aromatic rings. The molecule has 5 heterocycles. The van der Waals surface area contributed by atoms with Crippen molar-refractivity contribution >= 4 is 17.7 Å². The van der Waals surface area contributed by atoms with Gasteiger partial charge < -0.3 is 4.90 Å². The van der Waals surface area contributed by atoms with Crippen LogP contribution in [0.3, 0.4) is 0 Å². The molecule has 2 saturated heterocycles. The number of aromatic nitrogens is 3. The van der Waals surface area contributed by atoms with Crippen LogP contribution in [0.5, 0.6) is 0 Å². The van der Waals surface area contributed by atoms with E-state index >= 15 is 0 Å². The lowest BCUT2D eigenvalue weighted by Crippen LogP contribution is -2.54. The van der Waals surface area contributed by atoms with Crippen molar-refractivity contribution in [2.75, 3.05) is 37.7 Å². The summed E-state index contributed by atoms with van der Waals surface area (Å²) in [6, 6.07) is 5.09. The van der Waals surface area contributed by atoms with Crippen LogP contribution in [-0.4, -0.2) is 68.2 Å². The van der Waals surface area contributed by atoms with E-state index in [4.69, 9.17) is 0 Å². The van der Waals surface area contributed by atoms with Gasteiger partial charge >= 0.3 is 0 Å². The van der Waals surface area contributed by atoms with Crippen molar-refractivity contribution in [3.63, 3.8) is 0 Å². The van der Waals surface area contributed by atoms with Crippen LogP contribution in [0.4, 0.5) is 0 Å². The summed E-state index contributed by atoms with van der Waals surface area (Å²) < 4.78 is 1.82. The van der Waals surface area contributed by atoms with Crippen LogP contribution in [0.25, 0.3) is 0 Å². The molecule has 0 unspecified atom stereocenters. The number of pyridine rings is 1. The lowest BCUT2D eigenvalue weighted by atomic mass is 9.78. The normalized spacial score (nSPS) is 27.4. The first-order chi connectivity index (χ1) is 13.7. The molecule has 3 atom stereocenters. The van der Waals surface area contributed by atoms with Gasteiger partial charge in [0.1, 0.15) is 6.04 Å². The van der Waals surface area contributed by atoms with Crippen LogP contribution in [0, 0.1) is 5.92 Å². The van der Waals surface area contributed by atoms with Gasteiger partial charge in [0, 0.05) is 79.6 Å². The Morgan fingerprint density at radius 1 is 1.25 bits per heavy atom. The van der Waals surface area contributed by atoms with E-state index < -0.39 is 0 Å². The summed E-state index contributed by atoms with van der Waals surface area (Å²) in [7, 11) is 0. The smallest absolute Gasteiger partial charge is 0.251 e. The average molecular weight is 400 g/mol. The molecule has 28 heavy (non-hydrogen) atoms. The van der Waals surface area contributed by atoms with Crippen LogP contribution in [0.15, 0.2) is 35.4 Å². The van der Waals surface area contributed by atoms with Gasteiger partial charge in [0.05, 0.1) is 6.20 Å². The largest absolute Gasteiger partial charge is 0.339 e. The van der Waals surface area contributed by atoms with E-state index in [1.54, 1.807) is 6.07 Å². The fraction of sp³-hybridized carbons (Fsp3) is 0.550. The van der Waals surface area contributed by atoms with Gasteiger partial charge in [-0.1, -0.05) is 6.07 Å². The molecule has 148 valence electrons. The summed E-state index contributed by atoms with van der Waals surface area (Å²) in [5.41, 5.74) is 2.13. The van der Waals surface area contributed by atoms with E-state index in [9.17, 15) is 9.59 Å². The van der Waals surface area contributed by atoms with Crippen molar-refractivity contribution in [2.45, 2.75) is 24.9 Å². The molecular formula is C20H25N5O2S. The summed E-state index contributed by atoms with van der Waals surface area (Å²) >= 11 is 1.89. The Morgan fingerprint density at radius 2 is 2.11 bits per heavy atom. The average Bonchev–Trinajstić information content (AvgIpc) is 3.22. The number of fused-ring (bicyclic) bond motifs is 4. The van der Waals surface area contributed by atoms with Gasteiger partial charge in [0.25, 0.3) is 5.56 Å². The molecule has 2 aromatic heterocycles. The SMILES string of the molecule is O=C([C@H]1[C@H]2C[C@H](CN(Cc3cn[nH]c3)C2)c2cccc(=O)n21)N1CCSCC1. The fourth-order valence-electron chi connectivity index (χ4n) is 5.07. The molecule has 7 nitrogen and oxygen atoms in total. The minimum atomic E-state index is -0.379. The summed E-state index contributed by atoms with van der Waals surface area (Å²) in [5.74, 6) is 2.55. The number of likely N-dealkylation sites (tertiary alicyclic amines) is 1. The van der Waals surface area contributed by atoms with E-state index in [1.807, 2.05) is 45.8 Å². The molecule has 2 bridgehead atoms. The van der Waals surface area contributed by atoms with Crippen LogP contribution in [0.2, 0.25) is 0 Å². The standard InChI is InChI=1S/C20H25N5O2S/c26-18-3-1-2-17-15-8-16(13-23(12-15)11-14-9-21-22-10-14)19(25(17)18)20(27)24-4-6-28-7-5-24/h1-3,9-10,15-16,19H,4-8,11-13H2,(H,21,22)/t15-,16+,19-/m1/s1. The third-order valence-electron chi connectivity index (χ3n) is 6.26. The number of rotatable bonds is 3. The zero-order valence-electron chi connectivity index (χ0n) is 15.8. The number of carbonyl (C=O) groups is 1. The second kappa shape index (κ2) is 7.40. The highest BCUT2D eigenvalue weighted by molar-refractivity contribution is 7.99. The highest BCUT2D eigenvalue weighted by Gasteiger charge is 2.44. The maximum atomic E-state index is 13.5. The van der Waals surface area contributed by atoms with Crippen LogP contribution >= 0.6 is 11.8 Å². The first-order valence-corrected chi connectivity index (χ1v) is 11.1. The molecule has 1 amide bonds. The number of H-pyrrole nitrogens is 1. The van der Waals surface area contributed by atoms with Crippen molar-refractivity contribution in [3.05, 3.63) is 52.2 Å². The molecule has 0 radical (unpaired) electrons. The topological polar surface area (TPSA) is 74.2 Å². The lowest BCUT2D eigenvalue weighted by molar-refractivity contribution is -0.138. The maximum Gasteiger partial charge on any atom is 0.251 e. The quantitative estimate of drug-likeness (QED) is 0.842. The summed E-state index contributed by atoms with van der Waals surface area (Å²) in [6.07, 6.45) is 4.76. The monoisotopic (exact) mass is 399 g/mol. The second-order valence-corrected chi connectivity index (χ2v) is 9.26. The molecule has 0 aromatic carbocycles. The maximum absolute atomic E-state index is 13.5. The molecule has 3 aliphatic heterocycles. The van der Waals surface area contributed by atoms with Gasteiger partial charge in [0.15, 0.2) is 0 Å². The number of hydrogen-bond acceptors (Lipinski definition) is 5. The van der Waals surface area contributed by atoms with Gasteiger partial charge in [-0.3, -0.25) is 24.2 Å². The molecule has 2 fully saturated rings. The number of thioether (sulfide) groups is 1. The Kier molecular flexibility index (Phi) is 4.76. The summed E-state index contributed by atoms with van der Waals surface area (Å²) in [4.78, 5) is 30.7. The van der Waals surface area contributed by atoms with Crippen LogP contribution in [-0.2, 0) is 11.3 Å². The van der Waals surface area contributed by atoms with Gasteiger partial charge in [-0.25, -0.2) is 0 Å². The van der Waals surface area contributed by atoms with Crippen molar-refractivity contribution in [2.24, 2.45) is 5.92 Å². The number of nitrogens with zero attached hydrogens (tertiary/aromatic N) is 4. The summed E-state index contributed by atoms with van der Waals surface area (Å²) in [5, 5.41) is 6.93. The van der Waals surface area contributed by atoms with E-state index in [2.05, 4.69) is 15.1 Å². The minimum Gasteiger partial charge on any atom is -0.339 e. The number of piperidine rings is 1. The number of carbonyl (C=O) groups excluding carboxylic acids is 1. The molecule has 0 saturated carbocycles. The Bertz CT molecular complexity index is 906. The number of nitrogens with one attached hydrogen (secondary N) is 1. The highest BCUT2D eigenvalue weighted by Crippen LogP contribution is 2.42. The minimum absolute atomic E-state index is 0.0415. The Balaban J connectivity index is 1.49. The van der Waals surface area contributed by atoms with Crippen molar-refractivity contribution in [3.8, 4) is 0 Å². The molecule has 0 aliphatic carbocycles. The number of hydrogen-bond donors (Lipinski definition) is 1. The molecule has 1 N–H and O–H groups in total. The van der Waals surface area contributed by atoms with Crippen molar-refractivity contribution in [1.82, 2.24) is 24.6 Å². The Morgan fingerprint density at radius 3 is 2.89 bits per heavy atom. The Labute approximate surface area is 168 Å². The van der Waals surface area contributed by atoms with E-state index in [-0.39, 0.29) is 23.4 Å². The zero-order chi connectivity index (χ0) is 19.1. The van der Waals surface area contributed by atoms with Crippen LogP contribution < -0.4 is 5.56 Å². The van der Waals surface area contributed by atoms with Crippen molar-refractivity contribution in [1.29, 1.82) is 0 Å².